The third kappa shape index (κ3) is 3.06. The number of benzene rings is 1. The summed E-state index contributed by atoms with van der Waals surface area (Å²) in [6.45, 7) is 7.96. The fourth-order valence-corrected chi connectivity index (χ4v) is 8.02. The van der Waals surface area contributed by atoms with Gasteiger partial charge < -0.3 is 9.47 Å². The monoisotopic (exact) mass is 382 g/mol. The highest BCUT2D eigenvalue weighted by atomic mass is 16.5. The van der Waals surface area contributed by atoms with Gasteiger partial charge in [-0.25, -0.2) is 0 Å². The van der Waals surface area contributed by atoms with Crippen LogP contribution in [0.15, 0.2) is 30.3 Å². The molecule has 1 heterocycles. The van der Waals surface area contributed by atoms with Crippen molar-refractivity contribution in [2.75, 3.05) is 13.2 Å². The van der Waals surface area contributed by atoms with Crippen molar-refractivity contribution in [3.05, 3.63) is 35.9 Å². The molecule has 4 fully saturated rings. The molecule has 4 aliphatic rings. The van der Waals surface area contributed by atoms with Gasteiger partial charge in [0.05, 0.1) is 12.7 Å². The molecular formula is C26H38O2. The molecule has 2 heteroatoms. The third-order valence-electron chi connectivity index (χ3n) is 9.67. The summed E-state index contributed by atoms with van der Waals surface area (Å²) < 4.78 is 12.5. The molecule has 1 aliphatic heterocycles. The third-order valence-corrected chi connectivity index (χ3v) is 9.67. The van der Waals surface area contributed by atoms with Gasteiger partial charge in [0.1, 0.15) is 0 Å². The van der Waals surface area contributed by atoms with Gasteiger partial charge in [0.25, 0.3) is 0 Å². The topological polar surface area (TPSA) is 18.5 Å². The van der Waals surface area contributed by atoms with Gasteiger partial charge >= 0.3 is 0 Å². The molecule has 28 heavy (non-hydrogen) atoms. The van der Waals surface area contributed by atoms with Crippen LogP contribution in [0.3, 0.4) is 0 Å². The standard InChI is InChI=1S/C26H38O2/c1-25-15-17-27-16-13-20(25)8-9-21-22-10-11-24(26(22,2)14-12-23(21)25)28-18-19-6-4-3-5-7-19/h3-7,20-24H,8-18H2,1-2H3/t20-,21-,22-,23-,24-,25-,26-/m0/s1. The molecule has 154 valence electrons. The van der Waals surface area contributed by atoms with E-state index < -0.39 is 0 Å². The Bertz CT molecular complexity index is 672. The maximum Gasteiger partial charge on any atom is 0.0720 e. The van der Waals surface area contributed by atoms with Crippen LogP contribution in [0.25, 0.3) is 0 Å². The lowest BCUT2D eigenvalue weighted by Crippen LogP contribution is -2.52. The van der Waals surface area contributed by atoms with E-state index >= 15 is 0 Å². The van der Waals surface area contributed by atoms with Crippen LogP contribution in [-0.4, -0.2) is 19.3 Å². The zero-order valence-electron chi connectivity index (χ0n) is 17.9. The van der Waals surface area contributed by atoms with Gasteiger partial charge in [0.2, 0.25) is 0 Å². The molecule has 0 N–H and O–H groups in total. The summed E-state index contributed by atoms with van der Waals surface area (Å²) in [5.74, 6) is 3.60. The molecule has 1 aromatic rings. The first-order valence-electron chi connectivity index (χ1n) is 11.8. The quantitative estimate of drug-likeness (QED) is 0.616. The number of hydrogen-bond donors (Lipinski definition) is 0. The van der Waals surface area contributed by atoms with Gasteiger partial charge in [-0.1, -0.05) is 44.2 Å². The van der Waals surface area contributed by atoms with Crippen molar-refractivity contribution in [1.82, 2.24) is 0 Å². The van der Waals surface area contributed by atoms with E-state index in [1.807, 2.05) is 0 Å². The average Bonchev–Trinajstić information content (AvgIpc) is 2.91. The summed E-state index contributed by atoms with van der Waals surface area (Å²) >= 11 is 0. The van der Waals surface area contributed by atoms with E-state index in [0.717, 1.165) is 43.5 Å². The van der Waals surface area contributed by atoms with Crippen LogP contribution in [0.2, 0.25) is 0 Å². The number of hydrogen-bond acceptors (Lipinski definition) is 2. The Morgan fingerprint density at radius 1 is 0.857 bits per heavy atom. The Labute approximate surface area is 171 Å². The van der Waals surface area contributed by atoms with Gasteiger partial charge in [-0.05, 0) is 91.4 Å². The van der Waals surface area contributed by atoms with Crippen molar-refractivity contribution >= 4 is 0 Å². The molecule has 0 spiro atoms. The molecule has 1 saturated heterocycles. The highest BCUT2D eigenvalue weighted by Crippen LogP contribution is 2.65. The molecule has 3 saturated carbocycles. The minimum Gasteiger partial charge on any atom is -0.381 e. The second kappa shape index (κ2) is 7.43. The van der Waals surface area contributed by atoms with E-state index in [4.69, 9.17) is 9.47 Å². The molecule has 0 bridgehead atoms. The zero-order valence-corrected chi connectivity index (χ0v) is 17.9. The largest absolute Gasteiger partial charge is 0.381 e. The summed E-state index contributed by atoms with van der Waals surface area (Å²) in [5.41, 5.74) is 2.22. The first-order valence-corrected chi connectivity index (χ1v) is 11.8. The van der Waals surface area contributed by atoms with Crippen LogP contribution in [0, 0.1) is 34.5 Å². The van der Waals surface area contributed by atoms with Crippen molar-refractivity contribution in [3.63, 3.8) is 0 Å². The van der Waals surface area contributed by atoms with Crippen LogP contribution in [0.4, 0.5) is 0 Å². The van der Waals surface area contributed by atoms with E-state index in [0.29, 0.717) is 16.9 Å². The fourth-order valence-electron chi connectivity index (χ4n) is 8.02. The van der Waals surface area contributed by atoms with E-state index in [2.05, 4.69) is 44.2 Å². The van der Waals surface area contributed by atoms with E-state index in [1.54, 1.807) is 0 Å². The van der Waals surface area contributed by atoms with Gasteiger partial charge in [0, 0.05) is 13.2 Å². The molecule has 2 nitrogen and oxygen atoms in total. The van der Waals surface area contributed by atoms with E-state index in [9.17, 15) is 0 Å². The number of fused-ring (bicyclic) bond motifs is 5. The SMILES string of the molecule is C[C@]12CCOCC[C@@H]1CC[C@@H]1[C@@H]2CC[C@]2(C)[C@@H](OCc3ccccc3)CC[C@@H]12. The first-order chi connectivity index (χ1) is 13.6. The van der Waals surface area contributed by atoms with Gasteiger partial charge in [-0.3, -0.25) is 0 Å². The zero-order chi connectivity index (χ0) is 19.2. The van der Waals surface area contributed by atoms with Crippen LogP contribution in [0.1, 0.15) is 70.8 Å². The molecule has 5 rings (SSSR count). The van der Waals surface area contributed by atoms with Crippen molar-refractivity contribution in [3.8, 4) is 0 Å². The lowest BCUT2D eigenvalue weighted by molar-refractivity contribution is -0.124. The maximum atomic E-state index is 6.57. The molecule has 0 aromatic heterocycles. The second-order valence-corrected chi connectivity index (χ2v) is 10.7. The summed E-state index contributed by atoms with van der Waals surface area (Å²) in [6.07, 6.45) is 11.3. The molecule has 1 aromatic carbocycles. The first kappa shape index (κ1) is 19.1. The minimum atomic E-state index is 0.389. The average molecular weight is 383 g/mol. The number of rotatable bonds is 3. The lowest BCUT2D eigenvalue weighted by atomic mass is 9.47. The maximum absolute atomic E-state index is 6.57. The van der Waals surface area contributed by atoms with Crippen LogP contribution in [0.5, 0.6) is 0 Å². The predicted molar refractivity (Wildman–Crippen MR) is 113 cm³/mol. The molecule has 3 aliphatic carbocycles. The van der Waals surface area contributed by atoms with Gasteiger partial charge in [-0.2, -0.15) is 0 Å². The molecule has 7 atom stereocenters. The summed E-state index contributed by atoms with van der Waals surface area (Å²) in [7, 11) is 0. The molecular weight excluding hydrogens is 344 g/mol. The molecule has 0 radical (unpaired) electrons. The van der Waals surface area contributed by atoms with Crippen molar-refractivity contribution in [1.29, 1.82) is 0 Å². The normalized spacial score (nSPS) is 45.6. The van der Waals surface area contributed by atoms with Crippen molar-refractivity contribution < 1.29 is 9.47 Å². The van der Waals surface area contributed by atoms with E-state index in [1.165, 1.54) is 56.9 Å². The lowest BCUT2D eigenvalue weighted by Gasteiger charge is -2.58. The Morgan fingerprint density at radius 3 is 2.54 bits per heavy atom. The van der Waals surface area contributed by atoms with Crippen molar-refractivity contribution in [2.24, 2.45) is 34.5 Å². The Morgan fingerprint density at radius 2 is 1.68 bits per heavy atom. The van der Waals surface area contributed by atoms with E-state index in [-0.39, 0.29) is 0 Å². The fraction of sp³-hybridized carbons (Fsp3) is 0.769. The van der Waals surface area contributed by atoms with Crippen molar-refractivity contribution in [2.45, 2.75) is 77.9 Å². The predicted octanol–water partition coefficient (Wildman–Crippen LogP) is 6.24. The second-order valence-electron chi connectivity index (χ2n) is 10.7. The van der Waals surface area contributed by atoms with Crippen LogP contribution >= 0.6 is 0 Å². The van der Waals surface area contributed by atoms with Crippen LogP contribution in [-0.2, 0) is 16.1 Å². The van der Waals surface area contributed by atoms with Gasteiger partial charge in [-0.15, -0.1) is 0 Å². The summed E-state index contributed by atoms with van der Waals surface area (Å²) in [5, 5.41) is 0. The minimum absolute atomic E-state index is 0.389. The van der Waals surface area contributed by atoms with Gasteiger partial charge in [0.15, 0.2) is 0 Å². The molecule has 0 unspecified atom stereocenters. The highest BCUT2D eigenvalue weighted by molar-refractivity contribution is 5.14. The number of ether oxygens (including phenoxy) is 2. The summed E-state index contributed by atoms with van der Waals surface area (Å²) in [4.78, 5) is 0. The molecule has 0 amide bonds. The Balaban J connectivity index is 1.32. The Kier molecular flexibility index (Phi) is 5.08. The summed E-state index contributed by atoms with van der Waals surface area (Å²) in [6, 6.07) is 10.7. The smallest absolute Gasteiger partial charge is 0.0720 e. The Hall–Kier alpha value is -0.860. The highest BCUT2D eigenvalue weighted by Gasteiger charge is 2.59. The van der Waals surface area contributed by atoms with Crippen LogP contribution < -0.4 is 0 Å².